The number of aromatic nitrogens is 2. The van der Waals surface area contributed by atoms with Crippen molar-refractivity contribution in [3.05, 3.63) is 77.4 Å². The van der Waals surface area contributed by atoms with Crippen molar-refractivity contribution in [3.8, 4) is 0 Å². The Morgan fingerprint density at radius 3 is 2.69 bits per heavy atom. The van der Waals surface area contributed by atoms with Crippen LogP contribution in [0.25, 0.3) is 10.4 Å². The summed E-state index contributed by atoms with van der Waals surface area (Å²) in [6.45, 7) is -0.969. The number of H-pyrrole nitrogens is 1. The second-order valence-corrected chi connectivity index (χ2v) is 10.0. The number of phosphoric acid groups is 1. The maximum Gasteiger partial charge on any atom is 0.475 e. The molecule has 2 fully saturated rings. The Morgan fingerprint density at radius 2 is 2.03 bits per heavy atom. The summed E-state index contributed by atoms with van der Waals surface area (Å²) in [5.41, 5.74) is 5.42. The Morgan fingerprint density at radius 1 is 1.31 bits per heavy atom. The zero-order valence-electron chi connectivity index (χ0n) is 17.6. The van der Waals surface area contributed by atoms with Gasteiger partial charge in [-0.05, 0) is 17.7 Å². The number of aliphatic hydroxyl groups excluding tert-OH is 2. The second kappa shape index (κ2) is 10.0. The van der Waals surface area contributed by atoms with Gasteiger partial charge in [0.15, 0.2) is 6.23 Å². The summed E-state index contributed by atoms with van der Waals surface area (Å²) >= 11 is 12.4. The number of rotatable bonds is 6. The largest absolute Gasteiger partial charge is 0.475 e. The molecule has 0 aliphatic carbocycles. The minimum absolute atomic E-state index is 0.0700. The van der Waals surface area contributed by atoms with Crippen molar-refractivity contribution in [2.45, 2.75) is 36.7 Å². The van der Waals surface area contributed by atoms with Crippen LogP contribution in [0.1, 0.15) is 24.3 Å². The fourth-order valence-corrected chi connectivity index (χ4v) is 5.72. The van der Waals surface area contributed by atoms with E-state index < -0.39 is 55.9 Å². The maximum atomic E-state index is 13.2. The molecular weight excluding hydrogens is 532 g/mol. The molecule has 2 saturated heterocycles. The topological polar surface area (TPSA) is 198 Å². The molecule has 3 N–H and O–H groups in total. The molecule has 4 rings (SSSR count). The molecule has 1 aromatic carbocycles. The van der Waals surface area contributed by atoms with Gasteiger partial charge in [0.2, 0.25) is 5.72 Å². The van der Waals surface area contributed by atoms with Crippen molar-refractivity contribution in [2.75, 3.05) is 13.2 Å². The van der Waals surface area contributed by atoms with Gasteiger partial charge in [0.25, 0.3) is 5.56 Å². The van der Waals surface area contributed by atoms with E-state index in [1.807, 2.05) is 4.98 Å². The minimum atomic E-state index is -4.34. The van der Waals surface area contributed by atoms with E-state index in [1.54, 1.807) is 18.2 Å². The zero-order chi connectivity index (χ0) is 25.4. The summed E-state index contributed by atoms with van der Waals surface area (Å²) in [5.74, 6) is 0. The highest BCUT2D eigenvalue weighted by Gasteiger charge is 2.56. The molecule has 17 heteroatoms. The summed E-state index contributed by atoms with van der Waals surface area (Å²) in [4.78, 5) is 28.0. The summed E-state index contributed by atoms with van der Waals surface area (Å²) in [6.07, 6.45) is -4.94. The molecule has 1 aromatic heterocycles. The van der Waals surface area contributed by atoms with Crippen LogP contribution in [-0.4, -0.2) is 50.9 Å². The van der Waals surface area contributed by atoms with Gasteiger partial charge in [0, 0.05) is 39.2 Å². The number of azide groups is 1. The number of phosphoric ester groups is 1. The van der Waals surface area contributed by atoms with E-state index in [-0.39, 0.29) is 23.1 Å². The number of nitrogens with zero attached hydrogens (tertiary/aromatic N) is 4. The van der Waals surface area contributed by atoms with E-state index in [2.05, 4.69) is 10.0 Å². The van der Waals surface area contributed by atoms with Crippen LogP contribution in [0.3, 0.4) is 0 Å². The third-order valence-corrected chi connectivity index (χ3v) is 7.49. The van der Waals surface area contributed by atoms with Crippen molar-refractivity contribution in [2.24, 2.45) is 5.11 Å². The lowest BCUT2D eigenvalue weighted by molar-refractivity contribution is -0.127. The molecule has 0 bridgehead atoms. The molecule has 0 radical (unpaired) electrons. The normalized spacial score (nSPS) is 32.8. The highest BCUT2D eigenvalue weighted by atomic mass is 35.5. The van der Waals surface area contributed by atoms with E-state index in [4.69, 9.17) is 47.0 Å². The highest BCUT2D eigenvalue weighted by molar-refractivity contribution is 7.48. The van der Waals surface area contributed by atoms with Crippen molar-refractivity contribution >= 4 is 31.0 Å². The molecule has 2 aromatic rings. The lowest BCUT2D eigenvalue weighted by Crippen LogP contribution is -2.45. The summed E-state index contributed by atoms with van der Waals surface area (Å²) in [6, 6.07) is 5.76. The smallest absolute Gasteiger partial charge is 0.387 e. The highest BCUT2D eigenvalue weighted by Crippen LogP contribution is 2.59. The van der Waals surface area contributed by atoms with Crippen molar-refractivity contribution in [3.63, 3.8) is 0 Å². The van der Waals surface area contributed by atoms with Crippen LogP contribution in [-0.2, 0) is 22.9 Å². The number of nitrogens with one attached hydrogen (secondary N) is 1. The Balaban J connectivity index is 1.57. The van der Waals surface area contributed by atoms with Crippen molar-refractivity contribution < 1.29 is 33.1 Å². The molecule has 2 aliphatic rings. The Kier molecular flexibility index (Phi) is 7.41. The van der Waals surface area contributed by atoms with Gasteiger partial charge in [-0.1, -0.05) is 34.4 Å². The number of halogens is 2. The van der Waals surface area contributed by atoms with E-state index in [1.165, 1.54) is 0 Å². The SMILES string of the molecule is [N-]=[N+]=N[C@]1(CO[P@]2(=O)OCC[C@H](c3c(Cl)cccc3Cl)O2)O[C@@H](n2ccc(=O)[nH]c2=O)[C@H](O)[C@@H]1O. The maximum absolute atomic E-state index is 13.2. The number of hydrogen-bond acceptors (Lipinski definition) is 10. The van der Waals surface area contributed by atoms with E-state index >= 15 is 0 Å². The number of aliphatic hydroxyl groups is 2. The average molecular weight is 550 g/mol. The molecule has 3 heterocycles. The molecular formula is C18H18Cl2N5O9P. The van der Waals surface area contributed by atoms with Gasteiger partial charge < -0.3 is 14.9 Å². The van der Waals surface area contributed by atoms with Gasteiger partial charge in [0.05, 0.1) is 19.3 Å². The molecule has 35 heavy (non-hydrogen) atoms. The van der Waals surface area contributed by atoms with Crippen LogP contribution in [0.15, 0.2) is 45.2 Å². The van der Waals surface area contributed by atoms with Gasteiger partial charge in [-0.2, -0.15) is 0 Å². The third-order valence-electron chi connectivity index (χ3n) is 5.38. The van der Waals surface area contributed by atoms with Gasteiger partial charge in [-0.25, -0.2) is 9.36 Å². The van der Waals surface area contributed by atoms with Crippen LogP contribution in [0.5, 0.6) is 0 Å². The van der Waals surface area contributed by atoms with Gasteiger partial charge in [-0.15, -0.1) is 0 Å². The number of aromatic amines is 1. The van der Waals surface area contributed by atoms with Gasteiger partial charge >= 0.3 is 13.5 Å². The molecule has 2 aliphatic heterocycles. The first-order valence-electron chi connectivity index (χ1n) is 10.0. The van der Waals surface area contributed by atoms with Gasteiger partial charge in [-0.3, -0.25) is 27.9 Å². The Hall–Kier alpha value is -2.22. The third kappa shape index (κ3) is 5.04. The lowest BCUT2D eigenvalue weighted by atomic mass is 10.1. The fraction of sp³-hybridized carbons (Fsp3) is 0.444. The van der Waals surface area contributed by atoms with Crippen LogP contribution in [0.2, 0.25) is 10.0 Å². The van der Waals surface area contributed by atoms with E-state index in [9.17, 15) is 24.4 Å². The molecule has 0 unspecified atom stereocenters. The molecule has 0 saturated carbocycles. The van der Waals surface area contributed by atoms with E-state index in [0.717, 1.165) is 16.8 Å². The Bertz CT molecular complexity index is 1310. The lowest BCUT2D eigenvalue weighted by Gasteiger charge is -2.32. The fourth-order valence-electron chi connectivity index (χ4n) is 3.69. The molecule has 14 nitrogen and oxygen atoms in total. The minimum Gasteiger partial charge on any atom is -0.387 e. The second-order valence-electron chi connectivity index (χ2n) is 7.57. The quantitative estimate of drug-likeness (QED) is 0.209. The monoisotopic (exact) mass is 549 g/mol. The summed E-state index contributed by atoms with van der Waals surface area (Å²) in [5, 5.41) is 25.0. The molecule has 0 amide bonds. The molecule has 0 spiro atoms. The van der Waals surface area contributed by atoms with Gasteiger partial charge in [0.1, 0.15) is 12.2 Å². The van der Waals surface area contributed by atoms with Crippen LogP contribution >= 0.6 is 31.0 Å². The first-order valence-corrected chi connectivity index (χ1v) is 12.2. The van der Waals surface area contributed by atoms with Crippen LogP contribution in [0.4, 0.5) is 0 Å². The Labute approximate surface area is 206 Å². The standard InChI is InChI=1S/C18H18Cl2N5O9P/c19-9-2-1-3-10(20)13(9)11-5-7-31-35(30,34-11)32-8-18(23-24-21)15(28)14(27)16(33-18)25-6-4-12(26)22-17(25)29/h1-4,6,11,14-16,27-28H,5,7-8H2,(H,22,26,29)/t11-,14-,15+,16-,18-,35+/m1/s1. The predicted octanol–water partition coefficient (Wildman–Crippen LogP) is 2.40. The summed E-state index contributed by atoms with van der Waals surface area (Å²) < 4.78 is 35.5. The number of benzene rings is 1. The average Bonchev–Trinajstić information content (AvgIpc) is 3.04. The molecule has 188 valence electrons. The summed E-state index contributed by atoms with van der Waals surface area (Å²) in [7, 11) is -4.34. The van der Waals surface area contributed by atoms with E-state index in [0.29, 0.717) is 5.56 Å². The number of hydrogen-bond donors (Lipinski definition) is 3. The van der Waals surface area contributed by atoms with Crippen LogP contribution < -0.4 is 11.2 Å². The first-order chi connectivity index (χ1) is 16.6. The van der Waals surface area contributed by atoms with Crippen molar-refractivity contribution in [1.82, 2.24) is 9.55 Å². The number of ether oxygens (including phenoxy) is 1. The predicted molar refractivity (Wildman–Crippen MR) is 120 cm³/mol. The first kappa shape index (κ1) is 25.9. The van der Waals surface area contributed by atoms with Crippen molar-refractivity contribution in [1.29, 1.82) is 0 Å². The zero-order valence-corrected chi connectivity index (χ0v) is 20.0. The molecule has 6 atom stereocenters. The van der Waals surface area contributed by atoms with Crippen LogP contribution in [0, 0.1) is 0 Å².